The Morgan fingerprint density at radius 2 is 1.80 bits per heavy atom. The number of fused-ring (bicyclic) bond motifs is 1. The summed E-state index contributed by atoms with van der Waals surface area (Å²) in [6, 6.07) is 8.81. The van der Waals surface area contributed by atoms with Crippen molar-refractivity contribution in [1.29, 1.82) is 5.26 Å². The lowest BCUT2D eigenvalue weighted by atomic mass is 9.96. The molecule has 4 rings (SSSR count). The normalized spacial score (nSPS) is 14.7. The molecule has 0 aliphatic carbocycles. The molecule has 35 heavy (non-hydrogen) atoms. The van der Waals surface area contributed by atoms with Gasteiger partial charge in [0.15, 0.2) is 0 Å². The van der Waals surface area contributed by atoms with Crippen molar-refractivity contribution in [2.75, 3.05) is 10.6 Å². The Bertz CT molecular complexity index is 1420. The molecule has 0 fully saturated rings. The highest BCUT2D eigenvalue weighted by atomic mass is 79.9. The molecule has 0 radical (unpaired) electrons. The molecule has 0 bridgehead atoms. The predicted molar refractivity (Wildman–Crippen MR) is 124 cm³/mol. The van der Waals surface area contributed by atoms with Gasteiger partial charge in [-0.1, -0.05) is 27.5 Å². The molecule has 1 aliphatic heterocycles. The number of nitrogens with zero attached hydrogens (tertiary/aromatic N) is 1. The summed E-state index contributed by atoms with van der Waals surface area (Å²) < 4.78 is 54.5. The van der Waals surface area contributed by atoms with E-state index in [0.717, 1.165) is 24.3 Å². The van der Waals surface area contributed by atoms with Crippen LogP contribution in [0.1, 0.15) is 38.7 Å². The number of benzene rings is 3. The van der Waals surface area contributed by atoms with Gasteiger partial charge in [-0.2, -0.15) is 18.4 Å². The van der Waals surface area contributed by atoms with Crippen LogP contribution in [0.5, 0.6) is 0 Å². The smallest absolute Gasteiger partial charge is 0.341 e. The molecule has 12 heteroatoms. The van der Waals surface area contributed by atoms with E-state index < -0.39 is 41.2 Å². The molecule has 1 unspecified atom stereocenters. The van der Waals surface area contributed by atoms with Crippen LogP contribution in [-0.4, -0.2) is 11.9 Å². The highest BCUT2D eigenvalue weighted by Crippen LogP contribution is 2.41. The number of anilines is 2. The van der Waals surface area contributed by atoms with Crippen molar-refractivity contribution >= 4 is 50.8 Å². The van der Waals surface area contributed by atoms with Gasteiger partial charge in [-0.25, -0.2) is 9.18 Å². The van der Waals surface area contributed by atoms with Crippen molar-refractivity contribution in [3.8, 4) is 6.07 Å². The highest BCUT2D eigenvalue weighted by Gasteiger charge is 2.36. The van der Waals surface area contributed by atoms with Crippen LogP contribution in [0.4, 0.5) is 33.7 Å². The number of carbonyl (C=O) groups excluding carboxylic acids is 2. The number of halogens is 6. The van der Waals surface area contributed by atoms with E-state index in [1.807, 2.05) is 0 Å². The summed E-state index contributed by atoms with van der Waals surface area (Å²) in [4.78, 5) is 25.3. The molecule has 0 saturated carbocycles. The van der Waals surface area contributed by atoms with E-state index in [0.29, 0.717) is 10.5 Å². The number of hydrogen-bond acceptors (Lipinski definition) is 3. The first kappa shape index (κ1) is 24.5. The summed E-state index contributed by atoms with van der Waals surface area (Å²) in [5.74, 6) is -1.12. The van der Waals surface area contributed by atoms with Gasteiger partial charge < -0.3 is 16.0 Å². The number of alkyl halides is 3. The summed E-state index contributed by atoms with van der Waals surface area (Å²) in [7, 11) is 0. The van der Waals surface area contributed by atoms with Crippen LogP contribution in [0.15, 0.2) is 53.0 Å². The zero-order chi connectivity index (χ0) is 25.5. The van der Waals surface area contributed by atoms with E-state index in [1.165, 1.54) is 18.2 Å². The van der Waals surface area contributed by atoms with Gasteiger partial charge in [-0.15, -0.1) is 0 Å². The molecular formula is C23H12BrClF4N4O2. The largest absolute Gasteiger partial charge is 0.418 e. The van der Waals surface area contributed by atoms with Crippen molar-refractivity contribution in [2.45, 2.75) is 12.2 Å². The van der Waals surface area contributed by atoms with E-state index >= 15 is 0 Å². The number of rotatable bonds is 3. The second kappa shape index (κ2) is 9.20. The van der Waals surface area contributed by atoms with E-state index in [4.69, 9.17) is 16.9 Å². The van der Waals surface area contributed by atoms with Crippen LogP contribution in [-0.2, 0) is 6.18 Å². The second-order valence-corrected chi connectivity index (χ2v) is 8.76. The van der Waals surface area contributed by atoms with Gasteiger partial charge in [0.25, 0.3) is 5.91 Å². The third-order valence-electron chi connectivity index (χ3n) is 5.17. The van der Waals surface area contributed by atoms with E-state index in [9.17, 15) is 27.2 Å². The third-order valence-corrected chi connectivity index (χ3v) is 5.98. The standard InChI is InChI=1S/C23H12BrClF4N4O2/c24-11-6-14-19(20(33-21(14)34)13-8-12(26)2-4-16(13)25)18(7-11)32-22(35)31-17-5-10(9-30)1-3-15(17)23(27,28)29/h1-8,20H,(H,33,34)(H2,31,32,35). The monoisotopic (exact) mass is 566 g/mol. The molecule has 0 saturated heterocycles. The average Bonchev–Trinajstić information content (AvgIpc) is 3.10. The molecule has 178 valence electrons. The van der Waals surface area contributed by atoms with Crippen LogP contribution in [0.3, 0.4) is 0 Å². The highest BCUT2D eigenvalue weighted by molar-refractivity contribution is 9.10. The van der Waals surface area contributed by atoms with Gasteiger partial charge in [0.05, 0.1) is 28.9 Å². The summed E-state index contributed by atoms with van der Waals surface area (Å²) in [5, 5.41) is 16.4. The zero-order valence-corrected chi connectivity index (χ0v) is 19.6. The molecule has 3 aromatic rings. The SMILES string of the molecule is N#Cc1ccc(C(F)(F)F)c(NC(=O)Nc2cc(Br)cc3c2C(c2cc(F)ccc2Cl)NC3=O)c1. The first-order valence-electron chi connectivity index (χ1n) is 9.76. The minimum Gasteiger partial charge on any atom is -0.341 e. The molecule has 3 amide bonds. The summed E-state index contributed by atoms with van der Waals surface area (Å²) in [5.41, 5.74) is -1.16. The van der Waals surface area contributed by atoms with Gasteiger partial charge in [-0.3, -0.25) is 4.79 Å². The molecule has 3 N–H and O–H groups in total. The Hall–Kier alpha value is -3.62. The molecule has 0 spiro atoms. The van der Waals surface area contributed by atoms with Gasteiger partial charge in [0.2, 0.25) is 0 Å². The van der Waals surface area contributed by atoms with Crippen molar-refractivity contribution in [3.05, 3.63) is 91.7 Å². The van der Waals surface area contributed by atoms with E-state index in [-0.39, 0.29) is 33.0 Å². The average molecular weight is 568 g/mol. The van der Waals surface area contributed by atoms with Crippen molar-refractivity contribution in [1.82, 2.24) is 5.32 Å². The number of carbonyl (C=O) groups is 2. The first-order valence-corrected chi connectivity index (χ1v) is 10.9. The zero-order valence-electron chi connectivity index (χ0n) is 17.2. The number of amides is 3. The quantitative estimate of drug-likeness (QED) is 0.311. The second-order valence-electron chi connectivity index (χ2n) is 7.44. The van der Waals surface area contributed by atoms with Crippen LogP contribution in [0, 0.1) is 17.1 Å². The Balaban J connectivity index is 1.73. The lowest BCUT2D eigenvalue weighted by Gasteiger charge is -2.19. The van der Waals surface area contributed by atoms with Crippen molar-refractivity contribution in [2.24, 2.45) is 0 Å². The topological polar surface area (TPSA) is 94.0 Å². The van der Waals surface area contributed by atoms with Crippen LogP contribution in [0.25, 0.3) is 0 Å². The van der Waals surface area contributed by atoms with Gasteiger partial charge in [-0.05, 0) is 48.5 Å². The minimum absolute atomic E-state index is 0.0700. The summed E-state index contributed by atoms with van der Waals surface area (Å²) >= 11 is 9.45. The van der Waals surface area contributed by atoms with Crippen LogP contribution in [0.2, 0.25) is 5.02 Å². The van der Waals surface area contributed by atoms with Gasteiger partial charge in [0.1, 0.15) is 5.82 Å². The number of nitriles is 1. The molecule has 1 atom stereocenters. The summed E-state index contributed by atoms with van der Waals surface area (Å²) in [6.45, 7) is 0. The van der Waals surface area contributed by atoms with E-state index in [2.05, 4.69) is 31.9 Å². The number of nitrogens with one attached hydrogen (secondary N) is 3. The maximum atomic E-state index is 13.9. The first-order chi connectivity index (χ1) is 16.5. The van der Waals surface area contributed by atoms with Gasteiger partial charge >= 0.3 is 12.2 Å². The number of hydrogen-bond donors (Lipinski definition) is 3. The number of urea groups is 1. The fraction of sp³-hybridized carbons (Fsp3) is 0.0870. The Morgan fingerprint density at radius 1 is 1.09 bits per heavy atom. The third kappa shape index (κ3) is 4.94. The van der Waals surface area contributed by atoms with Crippen molar-refractivity contribution in [3.63, 3.8) is 0 Å². The fourth-order valence-electron chi connectivity index (χ4n) is 3.71. The molecule has 0 aromatic heterocycles. The van der Waals surface area contributed by atoms with Crippen molar-refractivity contribution < 1.29 is 27.2 Å². The molecule has 1 heterocycles. The maximum absolute atomic E-state index is 13.9. The lowest BCUT2D eigenvalue weighted by Crippen LogP contribution is -2.24. The summed E-state index contributed by atoms with van der Waals surface area (Å²) in [6.07, 6.45) is -4.79. The molecule has 1 aliphatic rings. The molecular weight excluding hydrogens is 556 g/mol. The lowest BCUT2D eigenvalue weighted by molar-refractivity contribution is -0.136. The molecule has 6 nitrogen and oxygen atoms in total. The molecule has 3 aromatic carbocycles. The predicted octanol–water partition coefficient (Wildman–Crippen LogP) is 6.61. The minimum atomic E-state index is -4.79. The maximum Gasteiger partial charge on any atom is 0.418 e. The Labute approximate surface area is 209 Å². The van der Waals surface area contributed by atoms with Gasteiger partial charge in [0, 0.05) is 31.9 Å². The Kier molecular flexibility index (Phi) is 6.44. The fourth-order valence-corrected chi connectivity index (χ4v) is 4.40. The van der Waals surface area contributed by atoms with E-state index in [1.54, 1.807) is 6.07 Å². The van der Waals surface area contributed by atoms with Crippen LogP contribution < -0.4 is 16.0 Å². The Morgan fingerprint density at radius 3 is 2.49 bits per heavy atom. The van der Waals surface area contributed by atoms with Crippen LogP contribution >= 0.6 is 27.5 Å².